The van der Waals surface area contributed by atoms with Gasteiger partial charge in [-0.15, -0.1) is 23.1 Å². The van der Waals surface area contributed by atoms with Gasteiger partial charge in [-0.2, -0.15) is 0 Å². The van der Waals surface area contributed by atoms with Gasteiger partial charge >= 0.3 is 5.97 Å². The molecular formula is C26H32N2O3S2. The van der Waals surface area contributed by atoms with E-state index >= 15 is 0 Å². The Morgan fingerprint density at radius 1 is 1.27 bits per heavy atom. The second-order valence-electron chi connectivity index (χ2n) is 8.50. The predicted octanol–water partition coefficient (Wildman–Crippen LogP) is 5.53. The number of carbonyl (C=O) groups is 1. The number of thioether (sulfide) groups is 1. The molecule has 0 radical (unpaired) electrons. The number of carbonyl (C=O) groups excluding carboxylic acids is 1. The molecule has 3 aromatic rings. The molecule has 0 N–H and O–H groups in total. The van der Waals surface area contributed by atoms with Crippen LogP contribution in [0.15, 0.2) is 52.2 Å². The van der Waals surface area contributed by atoms with Gasteiger partial charge in [0, 0.05) is 30.4 Å². The summed E-state index contributed by atoms with van der Waals surface area (Å²) >= 11 is 3.69. The maximum atomic E-state index is 12.6. The fraction of sp³-hybridized carbons (Fsp3) is 0.462. The number of hydrogen-bond donors (Lipinski definition) is 0. The minimum Gasteiger partial charge on any atom is -0.497 e. The Morgan fingerprint density at radius 2 is 2.18 bits per heavy atom. The lowest BCUT2D eigenvalue weighted by Crippen LogP contribution is -2.45. The molecule has 1 aliphatic heterocycles. The molecule has 176 valence electrons. The fourth-order valence-corrected chi connectivity index (χ4v) is 6.60. The van der Waals surface area contributed by atoms with Crippen LogP contribution in [0, 0.1) is 11.8 Å². The molecule has 0 amide bonds. The first kappa shape index (κ1) is 24.0. The van der Waals surface area contributed by atoms with Crippen LogP contribution in [0.1, 0.15) is 24.8 Å². The third-order valence-electron chi connectivity index (χ3n) is 6.55. The summed E-state index contributed by atoms with van der Waals surface area (Å²) in [7, 11) is 3.21. The quantitative estimate of drug-likeness (QED) is 0.279. The molecule has 1 aliphatic rings. The number of pyridine rings is 1. The van der Waals surface area contributed by atoms with E-state index in [1.807, 2.05) is 30.1 Å². The molecule has 2 atom stereocenters. The van der Waals surface area contributed by atoms with Crippen molar-refractivity contribution < 1.29 is 14.3 Å². The zero-order valence-electron chi connectivity index (χ0n) is 19.4. The second-order valence-corrected chi connectivity index (χ2v) is 10.8. The number of rotatable bonds is 10. The van der Waals surface area contributed by atoms with Crippen molar-refractivity contribution in [2.75, 3.05) is 39.6 Å². The first-order valence-electron chi connectivity index (χ1n) is 11.6. The third kappa shape index (κ3) is 6.28. The van der Waals surface area contributed by atoms with Gasteiger partial charge in [0.25, 0.3) is 0 Å². The van der Waals surface area contributed by atoms with Crippen LogP contribution in [0.5, 0.6) is 5.75 Å². The van der Waals surface area contributed by atoms with E-state index in [1.54, 1.807) is 18.4 Å². The van der Waals surface area contributed by atoms with E-state index in [-0.39, 0.29) is 11.9 Å². The Kier molecular flexibility index (Phi) is 8.64. The van der Waals surface area contributed by atoms with Gasteiger partial charge in [0.1, 0.15) is 5.75 Å². The summed E-state index contributed by atoms with van der Waals surface area (Å²) in [6, 6.07) is 12.4. The number of thiophene rings is 1. The highest BCUT2D eigenvalue weighted by Crippen LogP contribution is 2.31. The molecule has 0 bridgehead atoms. The zero-order chi connectivity index (χ0) is 23.0. The highest BCUT2D eigenvalue weighted by Gasteiger charge is 2.34. The largest absolute Gasteiger partial charge is 0.497 e. The molecule has 0 aliphatic carbocycles. The number of esters is 1. The molecule has 2 aromatic heterocycles. The summed E-state index contributed by atoms with van der Waals surface area (Å²) in [6.45, 7) is 2.86. The summed E-state index contributed by atoms with van der Waals surface area (Å²) in [5, 5.41) is 3.27. The van der Waals surface area contributed by atoms with Crippen LogP contribution in [0.25, 0.3) is 10.9 Å². The Morgan fingerprint density at radius 3 is 2.97 bits per heavy atom. The summed E-state index contributed by atoms with van der Waals surface area (Å²) in [5.74, 6) is 2.19. The molecular weight excluding hydrogens is 452 g/mol. The van der Waals surface area contributed by atoms with Crippen molar-refractivity contribution in [2.24, 2.45) is 11.8 Å². The van der Waals surface area contributed by atoms with Gasteiger partial charge in [0.2, 0.25) is 0 Å². The summed E-state index contributed by atoms with van der Waals surface area (Å²) in [4.78, 5) is 19.5. The van der Waals surface area contributed by atoms with Gasteiger partial charge in [0.05, 0.1) is 29.9 Å². The van der Waals surface area contributed by atoms with Crippen LogP contribution >= 0.6 is 23.1 Å². The van der Waals surface area contributed by atoms with Crippen LogP contribution in [0.2, 0.25) is 0 Å². The minimum atomic E-state index is -0.0605. The monoisotopic (exact) mass is 484 g/mol. The third-order valence-corrected chi connectivity index (χ3v) is 8.66. The molecule has 4 rings (SSSR count). The molecule has 0 spiro atoms. The molecule has 33 heavy (non-hydrogen) atoms. The van der Waals surface area contributed by atoms with Crippen LogP contribution in [0.4, 0.5) is 0 Å². The Balaban J connectivity index is 1.32. The van der Waals surface area contributed by atoms with E-state index in [1.165, 1.54) is 16.9 Å². The number of fused-ring (bicyclic) bond motifs is 1. The SMILES string of the molecule is COC(=O)[C@H]1CN(CCSc2cccs2)CC[C@H]1CCCc1ccnc2ccc(OC)cc12. The van der Waals surface area contributed by atoms with E-state index < -0.39 is 0 Å². The number of piperidine rings is 1. The number of methoxy groups -OCH3 is 2. The van der Waals surface area contributed by atoms with Crippen molar-refractivity contribution in [2.45, 2.75) is 29.9 Å². The Hall–Kier alpha value is -2.09. The van der Waals surface area contributed by atoms with E-state index in [0.717, 1.165) is 67.7 Å². The molecule has 1 fully saturated rings. The molecule has 5 nitrogen and oxygen atoms in total. The van der Waals surface area contributed by atoms with Gasteiger partial charge in [-0.3, -0.25) is 9.78 Å². The van der Waals surface area contributed by atoms with Crippen molar-refractivity contribution in [1.82, 2.24) is 9.88 Å². The van der Waals surface area contributed by atoms with Crippen LogP contribution in [-0.2, 0) is 16.0 Å². The number of hydrogen-bond acceptors (Lipinski definition) is 7. The van der Waals surface area contributed by atoms with Gasteiger partial charge < -0.3 is 14.4 Å². The number of nitrogens with zero attached hydrogens (tertiary/aromatic N) is 2. The molecule has 7 heteroatoms. The second kappa shape index (κ2) is 11.9. The molecule has 1 aromatic carbocycles. The molecule has 0 saturated carbocycles. The number of aryl methyl sites for hydroxylation is 1. The van der Waals surface area contributed by atoms with Gasteiger partial charge in [-0.05, 0) is 79.4 Å². The maximum absolute atomic E-state index is 12.6. The molecule has 1 saturated heterocycles. The summed E-state index contributed by atoms with van der Waals surface area (Å²) < 4.78 is 11.9. The standard InChI is InChI=1S/C26H32N2O3S2/c1-30-21-8-9-24-22(17-21)19(10-12-27-24)5-3-6-20-11-13-28(18-23(20)26(29)31-2)14-16-33-25-7-4-15-32-25/h4,7-10,12,15,17,20,23H,3,5-6,11,13-14,16,18H2,1-2H3/t20-,23+/m1/s1. The smallest absolute Gasteiger partial charge is 0.310 e. The van der Waals surface area contributed by atoms with Gasteiger partial charge in [0.15, 0.2) is 0 Å². The molecule has 0 unspecified atom stereocenters. The first-order valence-corrected chi connectivity index (χ1v) is 13.4. The average molecular weight is 485 g/mol. The average Bonchev–Trinajstić information content (AvgIpc) is 3.37. The van der Waals surface area contributed by atoms with Crippen molar-refractivity contribution in [3.05, 3.63) is 53.5 Å². The Labute approximate surface area is 204 Å². The van der Waals surface area contributed by atoms with Crippen LogP contribution in [0.3, 0.4) is 0 Å². The zero-order valence-corrected chi connectivity index (χ0v) is 21.0. The van der Waals surface area contributed by atoms with Crippen LogP contribution < -0.4 is 4.74 Å². The fourth-order valence-electron chi connectivity index (χ4n) is 4.74. The lowest BCUT2D eigenvalue weighted by atomic mass is 9.81. The topological polar surface area (TPSA) is 51.7 Å². The van der Waals surface area contributed by atoms with Crippen molar-refractivity contribution >= 4 is 40.0 Å². The minimum absolute atomic E-state index is 0.0373. The normalized spacial score (nSPS) is 19.0. The maximum Gasteiger partial charge on any atom is 0.310 e. The van der Waals surface area contributed by atoms with Crippen LogP contribution in [-0.4, -0.2) is 55.5 Å². The highest BCUT2D eigenvalue weighted by molar-refractivity contribution is 8.01. The van der Waals surface area contributed by atoms with Crippen molar-refractivity contribution in [3.63, 3.8) is 0 Å². The van der Waals surface area contributed by atoms with Crippen molar-refractivity contribution in [1.29, 1.82) is 0 Å². The van der Waals surface area contributed by atoms with E-state index in [0.29, 0.717) is 5.92 Å². The van der Waals surface area contributed by atoms with Gasteiger partial charge in [-0.25, -0.2) is 0 Å². The van der Waals surface area contributed by atoms with Crippen molar-refractivity contribution in [3.8, 4) is 5.75 Å². The first-order chi connectivity index (χ1) is 16.2. The summed E-state index contributed by atoms with van der Waals surface area (Å²) in [6.07, 6.45) is 5.98. The number of likely N-dealkylation sites (tertiary alicyclic amines) is 1. The molecule has 3 heterocycles. The summed E-state index contributed by atoms with van der Waals surface area (Å²) in [5.41, 5.74) is 2.28. The van der Waals surface area contributed by atoms with E-state index in [2.05, 4.69) is 39.5 Å². The number of benzene rings is 1. The number of aromatic nitrogens is 1. The van der Waals surface area contributed by atoms with E-state index in [4.69, 9.17) is 9.47 Å². The number of ether oxygens (including phenoxy) is 2. The Bertz CT molecular complexity index is 1040. The lowest BCUT2D eigenvalue weighted by Gasteiger charge is -2.37. The highest BCUT2D eigenvalue weighted by atomic mass is 32.2. The predicted molar refractivity (Wildman–Crippen MR) is 136 cm³/mol. The van der Waals surface area contributed by atoms with E-state index in [9.17, 15) is 4.79 Å². The van der Waals surface area contributed by atoms with Gasteiger partial charge in [-0.1, -0.05) is 6.07 Å². The lowest BCUT2D eigenvalue weighted by molar-refractivity contribution is -0.149.